The van der Waals surface area contributed by atoms with Crippen LogP contribution in [0, 0.1) is 0 Å². The Balaban J connectivity index is 1.66. The first kappa shape index (κ1) is 20.0. The fourth-order valence-corrected chi connectivity index (χ4v) is 3.81. The van der Waals surface area contributed by atoms with E-state index in [-0.39, 0.29) is 18.1 Å². The van der Waals surface area contributed by atoms with E-state index in [0.717, 1.165) is 57.4 Å². The Labute approximate surface area is 162 Å². The zero-order valence-corrected chi connectivity index (χ0v) is 16.8. The largest absolute Gasteiger partial charge is 0.496 e. The molecule has 1 aromatic rings. The molecule has 0 saturated carbocycles. The molecule has 150 valence electrons. The highest BCUT2D eigenvalue weighted by Gasteiger charge is 2.32. The normalized spacial score (nSPS) is 24.7. The van der Waals surface area contributed by atoms with Crippen molar-refractivity contribution >= 4 is 5.96 Å². The lowest BCUT2D eigenvalue weighted by atomic mass is 10.0. The van der Waals surface area contributed by atoms with Crippen LogP contribution in [-0.4, -0.2) is 69.6 Å². The van der Waals surface area contributed by atoms with Gasteiger partial charge in [0.25, 0.3) is 0 Å². The molecule has 0 radical (unpaired) electrons. The summed E-state index contributed by atoms with van der Waals surface area (Å²) in [4.78, 5) is 7.24. The van der Waals surface area contributed by atoms with E-state index in [0.29, 0.717) is 6.54 Å². The van der Waals surface area contributed by atoms with Crippen LogP contribution >= 0.6 is 0 Å². The van der Waals surface area contributed by atoms with Crippen LogP contribution in [0.3, 0.4) is 0 Å². The molecule has 3 unspecified atom stereocenters. The summed E-state index contributed by atoms with van der Waals surface area (Å²) in [6.45, 7) is 9.13. The Kier molecular flexibility index (Phi) is 7.35. The average molecular weight is 376 g/mol. The van der Waals surface area contributed by atoms with Crippen LogP contribution < -0.4 is 10.1 Å². The van der Waals surface area contributed by atoms with Gasteiger partial charge in [-0.25, -0.2) is 0 Å². The van der Waals surface area contributed by atoms with Gasteiger partial charge in [0.05, 0.1) is 19.8 Å². The molecule has 6 nitrogen and oxygen atoms in total. The molecule has 2 saturated heterocycles. The smallest absolute Gasteiger partial charge is 0.194 e. The molecule has 2 aliphatic rings. The molecule has 0 spiro atoms. The monoisotopic (exact) mass is 375 g/mol. The fourth-order valence-electron chi connectivity index (χ4n) is 3.81. The summed E-state index contributed by atoms with van der Waals surface area (Å²) in [5.74, 6) is 2.17. The number of aliphatic imine (C=N–C) groups is 1. The van der Waals surface area contributed by atoms with E-state index in [1.165, 1.54) is 5.56 Å². The summed E-state index contributed by atoms with van der Waals surface area (Å²) in [6, 6.07) is 8.18. The number of morpholine rings is 1. The number of guanidine groups is 1. The van der Waals surface area contributed by atoms with Gasteiger partial charge in [0.2, 0.25) is 0 Å². The van der Waals surface area contributed by atoms with Gasteiger partial charge in [0.1, 0.15) is 11.9 Å². The van der Waals surface area contributed by atoms with Crippen LogP contribution in [0.5, 0.6) is 5.75 Å². The molecule has 6 heteroatoms. The summed E-state index contributed by atoms with van der Waals surface area (Å²) in [5, 5.41) is 3.45. The Hall–Kier alpha value is -1.79. The third kappa shape index (κ3) is 5.14. The number of ether oxygens (including phenoxy) is 3. The Bertz CT molecular complexity index is 616. The van der Waals surface area contributed by atoms with Crippen molar-refractivity contribution in [1.82, 2.24) is 10.2 Å². The van der Waals surface area contributed by atoms with Crippen LogP contribution in [0.25, 0.3) is 0 Å². The minimum Gasteiger partial charge on any atom is -0.496 e. The highest BCUT2D eigenvalue weighted by atomic mass is 16.5. The average Bonchev–Trinajstić information content (AvgIpc) is 3.26. The maximum atomic E-state index is 5.98. The van der Waals surface area contributed by atoms with Crippen molar-refractivity contribution in [2.24, 2.45) is 4.99 Å². The predicted molar refractivity (Wildman–Crippen MR) is 108 cm³/mol. The maximum absolute atomic E-state index is 5.98. The summed E-state index contributed by atoms with van der Waals surface area (Å²) in [6.07, 6.45) is 2.59. The molecule has 27 heavy (non-hydrogen) atoms. The topological polar surface area (TPSA) is 55.3 Å². The first-order valence-electron chi connectivity index (χ1n) is 10.1. The maximum Gasteiger partial charge on any atom is 0.194 e. The van der Waals surface area contributed by atoms with Gasteiger partial charge < -0.3 is 24.4 Å². The summed E-state index contributed by atoms with van der Waals surface area (Å²) in [5.41, 5.74) is 1.19. The molecule has 2 heterocycles. The molecule has 0 aromatic heterocycles. The number of rotatable bonds is 6. The van der Waals surface area contributed by atoms with Gasteiger partial charge in [-0.3, -0.25) is 4.99 Å². The molecule has 1 N–H and O–H groups in total. The lowest BCUT2D eigenvalue weighted by Crippen LogP contribution is -2.53. The number of benzene rings is 1. The molecular weight excluding hydrogens is 342 g/mol. The quantitative estimate of drug-likeness (QED) is 0.612. The van der Waals surface area contributed by atoms with Crippen LogP contribution in [-0.2, 0) is 9.47 Å². The highest BCUT2D eigenvalue weighted by Crippen LogP contribution is 2.26. The zero-order valence-electron chi connectivity index (χ0n) is 16.8. The first-order valence-corrected chi connectivity index (χ1v) is 10.1. The van der Waals surface area contributed by atoms with E-state index < -0.39 is 0 Å². The number of methoxy groups -OCH3 is 1. The Morgan fingerprint density at radius 2 is 2.11 bits per heavy atom. The van der Waals surface area contributed by atoms with E-state index in [4.69, 9.17) is 19.2 Å². The van der Waals surface area contributed by atoms with Gasteiger partial charge in [-0.2, -0.15) is 0 Å². The van der Waals surface area contributed by atoms with Crippen molar-refractivity contribution in [1.29, 1.82) is 0 Å². The van der Waals surface area contributed by atoms with Crippen LogP contribution in [0.2, 0.25) is 0 Å². The van der Waals surface area contributed by atoms with Crippen molar-refractivity contribution in [2.45, 2.75) is 44.8 Å². The molecule has 0 bridgehead atoms. The summed E-state index contributed by atoms with van der Waals surface area (Å²) in [7, 11) is 1.72. The fraction of sp³-hybridized carbons (Fsp3) is 0.667. The third-order valence-electron chi connectivity index (χ3n) is 5.29. The lowest BCUT2D eigenvalue weighted by Gasteiger charge is -2.37. The third-order valence-corrected chi connectivity index (χ3v) is 5.29. The van der Waals surface area contributed by atoms with Crippen molar-refractivity contribution < 1.29 is 14.2 Å². The summed E-state index contributed by atoms with van der Waals surface area (Å²) < 4.78 is 17.3. The highest BCUT2D eigenvalue weighted by molar-refractivity contribution is 5.80. The molecule has 0 aliphatic carbocycles. The number of nitrogens with one attached hydrogen (secondary N) is 1. The van der Waals surface area contributed by atoms with Gasteiger partial charge in [0.15, 0.2) is 5.96 Å². The van der Waals surface area contributed by atoms with Crippen molar-refractivity contribution in [3.63, 3.8) is 0 Å². The molecule has 3 rings (SSSR count). The van der Waals surface area contributed by atoms with Crippen molar-refractivity contribution in [3.05, 3.63) is 29.8 Å². The van der Waals surface area contributed by atoms with Crippen LogP contribution in [0.15, 0.2) is 29.3 Å². The Morgan fingerprint density at radius 3 is 2.85 bits per heavy atom. The second kappa shape index (κ2) is 9.95. The van der Waals surface area contributed by atoms with E-state index in [2.05, 4.69) is 36.2 Å². The van der Waals surface area contributed by atoms with Crippen LogP contribution in [0.1, 0.15) is 38.2 Å². The minimum atomic E-state index is 0.136. The molecule has 2 fully saturated rings. The first-order chi connectivity index (χ1) is 13.2. The second-order valence-corrected chi connectivity index (χ2v) is 7.24. The summed E-state index contributed by atoms with van der Waals surface area (Å²) >= 11 is 0. The SMILES string of the molecule is CCNC(=NCC(C)c1ccccc1OC)N1CCOC(C2CCCO2)C1. The van der Waals surface area contributed by atoms with Gasteiger partial charge in [0, 0.05) is 38.7 Å². The van der Waals surface area contributed by atoms with Gasteiger partial charge in [-0.05, 0) is 31.4 Å². The second-order valence-electron chi connectivity index (χ2n) is 7.24. The number of para-hydroxylation sites is 1. The number of hydrogen-bond acceptors (Lipinski definition) is 4. The number of nitrogens with zero attached hydrogens (tertiary/aromatic N) is 2. The van der Waals surface area contributed by atoms with Gasteiger partial charge in [-0.1, -0.05) is 25.1 Å². The molecule has 2 aliphatic heterocycles. The van der Waals surface area contributed by atoms with Gasteiger partial charge in [-0.15, -0.1) is 0 Å². The van der Waals surface area contributed by atoms with E-state index in [1.807, 2.05) is 12.1 Å². The van der Waals surface area contributed by atoms with Crippen molar-refractivity contribution in [3.8, 4) is 5.75 Å². The zero-order chi connectivity index (χ0) is 19.1. The number of hydrogen-bond donors (Lipinski definition) is 1. The van der Waals surface area contributed by atoms with E-state index in [1.54, 1.807) is 7.11 Å². The molecule has 1 aromatic carbocycles. The minimum absolute atomic E-state index is 0.136. The molecule has 3 atom stereocenters. The molecular formula is C21H33N3O3. The van der Waals surface area contributed by atoms with Crippen molar-refractivity contribution in [2.75, 3.05) is 46.5 Å². The van der Waals surface area contributed by atoms with Gasteiger partial charge >= 0.3 is 0 Å². The standard InChI is InChI=1S/C21H33N3O3/c1-4-22-21(23-14-16(2)17-8-5-6-9-18(17)25-3)24-11-13-27-20(15-24)19-10-7-12-26-19/h5-6,8-9,16,19-20H,4,7,10-15H2,1-3H3,(H,22,23). The predicted octanol–water partition coefficient (Wildman–Crippen LogP) is 2.64. The lowest BCUT2D eigenvalue weighted by molar-refractivity contribution is -0.0817. The van der Waals surface area contributed by atoms with Crippen LogP contribution in [0.4, 0.5) is 0 Å². The molecule has 0 amide bonds. The van der Waals surface area contributed by atoms with E-state index >= 15 is 0 Å². The van der Waals surface area contributed by atoms with E-state index in [9.17, 15) is 0 Å². The Morgan fingerprint density at radius 1 is 1.30 bits per heavy atom.